The number of thioether (sulfide) groups is 1. The van der Waals surface area contributed by atoms with Crippen LogP contribution in [0.2, 0.25) is 10.0 Å². The smallest absolute Gasteiger partial charge is 0.234 e. The number of anilines is 1. The Morgan fingerprint density at radius 1 is 1.10 bits per heavy atom. The topological polar surface area (TPSA) is 72.7 Å². The number of hydrogen-bond donors (Lipinski definition) is 1. The lowest BCUT2D eigenvalue weighted by atomic mass is 10.2. The Labute approximate surface area is 201 Å². The van der Waals surface area contributed by atoms with E-state index in [1.54, 1.807) is 30.6 Å². The predicted molar refractivity (Wildman–Crippen MR) is 128 cm³/mol. The van der Waals surface area contributed by atoms with Crippen molar-refractivity contribution >= 4 is 62.5 Å². The summed E-state index contributed by atoms with van der Waals surface area (Å²) in [4.78, 5) is 16.7. The van der Waals surface area contributed by atoms with Gasteiger partial charge in [-0.15, -0.1) is 10.2 Å². The van der Waals surface area contributed by atoms with Crippen molar-refractivity contribution in [3.05, 3.63) is 81.5 Å². The zero-order valence-corrected chi connectivity index (χ0v) is 19.7. The third kappa shape index (κ3) is 5.27. The van der Waals surface area contributed by atoms with Gasteiger partial charge in [-0.05, 0) is 54.6 Å². The molecule has 0 unspecified atom stereocenters. The number of hydrogen-bond acceptors (Lipinski definition) is 5. The number of carbonyl (C=O) groups is 1. The molecule has 0 atom stereocenters. The van der Waals surface area contributed by atoms with Crippen molar-refractivity contribution in [1.82, 2.24) is 19.7 Å². The van der Waals surface area contributed by atoms with Gasteiger partial charge in [-0.1, -0.05) is 50.9 Å². The minimum atomic E-state index is -0.234. The monoisotopic (exact) mass is 533 g/mol. The molecule has 2 heterocycles. The van der Waals surface area contributed by atoms with Gasteiger partial charge in [0.25, 0.3) is 0 Å². The van der Waals surface area contributed by atoms with Crippen molar-refractivity contribution < 1.29 is 4.79 Å². The zero-order valence-electron chi connectivity index (χ0n) is 15.8. The summed E-state index contributed by atoms with van der Waals surface area (Å²) in [7, 11) is 0. The molecule has 0 saturated heterocycles. The highest BCUT2D eigenvalue weighted by Crippen LogP contribution is 2.29. The molecule has 0 fully saturated rings. The number of amides is 1. The maximum Gasteiger partial charge on any atom is 0.234 e. The molecule has 4 rings (SSSR count). The summed E-state index contributed by atoms with van der Waals surface area (Å²) in [6.45, 7) is 0. The van der Waals surface area contributed by atoms with Crippen molar-refractivity contribution in [3.63, 3.8) is 0 Å². The Morgan fingerprint density at radius 2 is 1.90 bits per heavy atom. The molecule has 4 aromatic rings. The van der Waals surface area contributed by atoms with Gasteiger partial charge in [0.15, 0.2) is 11.0 Å². The minimum Gasteiger partial charge on any atom is -0.324 e. The van der Waals surface area contributed by atoms with Gasteiger partial charge in [0, 0.05) is 33.1 Å². The van der Waals surface area contributed by atoms with Crippen LogP contribution in [0.1, 0.15) is 0 Å². The second-order valence-corrected chi connectivity index (χ2v) is 9.02. The molecule has 0 aliphatic heterocycles. The van der Waals surface area contributed by atoms with E-state index in [1.807, 2.05) is 41.0 Å². The minimum absolute atomic E-state index is 0.116. The molecule has 1 N–H and O–H groups in total. The lowest BCUT2D eigenvalue weighted by Gasteiger charge is -2.11. The van der Waals surface area contributed by atoms with Crippen molar-refractivity contribution in [2.45, 2.75) is 5.16 Å². The van der Waals surface area contributed by atoms with Crippen LogP contribution in [0.4, 0.5) is 5.69 Å². The molecule has 2 aromatic carbocycles. The molecule has 156 valence electrons. The summed E-state index contributed by atoms with van der Waals surface area (Å²) < 4.78 is 2.85. The maximum absolute atomic E-state index is 12.5. The summed E-state index contributed by atoms with van der Waals surface area (Å²) in [6.07, 6.45) is 3.42. The van der Waals surface area contributed by atoms with Crippen LogP contribution < -0.4 is 5.32 Å². The highest BCUT2D eigenvalue weighted by Gasteiger charge is 2.18. The number of nitrogens with one attached hydrogen (secondary N) is 1. The highest BCUT2D eigenvalue weighted by atomic mass is 79.9. The molecule has 1 amide bonds. The average Bonchev–Trinajstić information content (AvgIpc) is 3.20. The van der Waals surface area contributed by atoms with Crippen molar-refractivity contribution in [1.29, 1.82) is 0 Å². The van der Waals surface area contributed by atoms with E-state index in [9.17, 15) is 4.79 Å². The largest absolute Gasteiger partial charge is 0.324 e. The van der Waals surface area contributed by atoms with Gasteiger partial charge in [0.1, 0.15) is 0 Å². The first kappa shape index (κ1) is 21.8. The van der Waals surface area contributed by atoms with Gasteiger partial charge in [-0.2, -0.15) is 0 Å². The normalized spacial score (nSPS) is 10.8. The molecule has 0 bridgehead atoms. The van der Waals surface area contributed by atoms with Gasteiger partial charge < -0.3 is 5.32 Å². The van der Waals surface area contributed by atoms with Crippen LogP contribution in [-0.4, -0.2) is 31.4 Å². The van der Waals surface area contributed by atoms with Gasteiger partial charge in [0.05, 0.1) is 16.5 Å². The predicted octanol–water partition coefficient (Wildman–Crippen LogP) is 6.13. The van der Waals surface area contributed by atoms with Crippen molar-refractivity contribution in [2.75, 3.05) is 11.1 Å². The van der Waals surface area contributed by atoms with Crippen LogP contribution >= 0.6 is 50.9 Å². The molecule has 2 aromatic heterocycles. The third-order valence-electron chi connectivity index (χ3n) is 4.17. The molecule has 31 heavy (non-hydrogen) atoms. The Morgan fingerprint density at radius 3 is 2.65 bits per heavy atom. The number of benzene rings is 2. The lowest BCUT2D eigenvalue weighted by Crippen LogP contribution is -2.15. The van der Waals surface area contributed by atoms with Gasteiger partial charge in [-0.25, -0.2) is 0 Å². The number of aromatic nitrogens is 4. The van der Waals surface area contributed by atoms with Crippen molar-refractivity contribution in [3.8, 4) is 17.1 Å². The van der Waals surface area contributed by atoms with Gasteiger partial charge in [0.2, 0.25) is 5.91 Å². The fourth-order valence-corrected chi connectivity index (χ4v) is 4.13. The average molecular weight is 535 g/mol. The van der Waals surface area contributed by atoms with E-state index in [4.69, 9.17) is 23.2 Å². The van der Waals surface area contributed by atoms with Crippen LogP contribution in [0.3, 0.4) is 0 Å². The van der Waals surface area contributed by atoms with E-state index in [2.05, 4.69) is 36.4 Å². The maximum atomic E-state index is 12.5. The molecule has 0 radical (unpaired) electrons. The number of rotatable bonds is 6. The van der Waals surface area contributed by atoms with Crippen LogP contribution in [0.15, 0.2) is 76.6 Å². The van der Waals surface area contributed by atoms with E-state index in [1.165, 1.54) is 11.8 Å². The second kappa shape index (κ2) is 9.82. The molecule has 0 aliphatic rings. The first-order valence-electron chi connectivity index (χ1n) is 9.01. The standard InChI is InChI=1S/C21H14BrCl2N5OS/c22-14-3-6-16(7-4-14)29-20(13-2-1-9-25-11-13)27-28-21(29)31-12-19(30)26-18-10-15(23)5-8-17(18)24/h1-11H,12H2,(H,26,30). The molecule has 6 nitrogen and oxygen atoms in total. The lowest BCUT2D eigenvalue weighted by molar-refractivity contribution is -0.113. The molecule has 0 aliphatic carbocycles. The Kier molecular flexibility index (Phi) is 6.92. The summed E-state index contributed by atoms with van der Waals surface area (Å²) in [6, 6.07) is 16.4. The van der Waals surface area contributed by atoms with Crippen LogP contribution in [-0.2, 0) is 4.79 Å². The molecule has 0 spiro atoms. The molecular weight excluding hydrogens is 521 g/mol. The fourth-order valence-electron chi connectivity index (χ4n) is 2.78. The molecule has 10 heteroatoms. The van der Waals surface area contributed by atoms with Gasteiger partial charge >= 0.3 is 0 Å². The summed E-state index contributed by atoms with van der Waals surface area (Å²) in [5.74, 6) is 0.517. The number of nitrogens with zero attached hydrogens (tertiary/aromatic N) is 4. The van der Waals surface area contributed by atoms with E-state index >= 15 is 0 Å². The zero-order chi connectivity index (χ0) is 21.8. The van der Waals surface area contributed by atoms with E-state index < -0.39 is 0 Å². The fraction of sp³-hybridized carbons (Fsp3) is 0.0476. The van der Waals surface area contributed by atoms with E-state index in [-0.39, 0.29) is 11.7 Å². The number of halogens is 3. The summed E-state index contributed by atoms with van der Waals surface area (Å²) in [5.41, 5.74) is 2.15. The van der Waals surface area contributed by atoms with Crippen LogP contribution in [0.5, 0.6) is 0 Å². The molecular formula is C21H14BrCl2N5OS. The number of carbonyl (C=O) groups excluding carboxylic acids is 1. The summed E-state index contributed by atoms with van der Waals surface area (Å²) >= 11 is 16.8. The Balaban J connectivity index is 1.59. The molecule has 0 saturated carbocycles. The van der Waals surface area contributed by atoms with Crippen LogP contribution in [0.25, 0.3) is 17.1 Å². The Bertz CT molecular complexity index is 1220. The Hall–Kier alpha value is -2.39. The summed E-state index contributed by atoms with van der Waals surface area (Å²) in [5, 5.41) is 12.9. The van der Waals surface area contributed by atoms with E-state index in [0.717, 1.165) is 15.7 Å². The van der Waals surface area contributed by atoms with Gasteiger partial charge in [-0.3, -0.25) is 14.3 Å². The second-order valence-electron chi connectivity index (χ2n) is 6.32. The SMILES string of the molecule is O=C(CSc1nnc(-c2cccnc2)n1-c1ccc(Br)cc1)Nc1cc(Cl)ccc1Cl. The quantitative estimate of drug-likeness (QED) is 0.301. The van der Waals surface area contributed by atoms with E-state index in [0.29, 0.717) is 26.7 Å². The van der Waals surface area contributed by atoms with Crippen molar-refractivity contribution in [2.24, 2.45) is 0 Å². The first-order valence-corrected chi connectivity index (χ1v) is 11.5. The third-order valence-corrected chi connectivity index (χ3v) is 6.20. The number of pyridine rings is 1. The van der Waals surface area contributed by atoms with Crippen LogP contribution in [0, 0.1) is 0 Å². The highest BCUT2D eigenvalue weighted by molar-refractivity contribution is 9.10. The first-order chi connectivity index (χ1) is 15.0.